The maximum atomic E-state index is 10.5. The number of aliphatic imine (C=N–C) groups is 1. The first-order valence-electron chi connectivity index (χ1n) is 10.2. The second kappa shape index (κ2) is 14.2. The topological polar surface area (TPSA) is 124 Å². The van der Waals surface area contributed by atoms with E-state index >= 15 is 0 Å². The van der Waals surface area contributed by atoms with Crippen LogP contribution in [0, 0.1) is 21.6 Å². The van der Waals surface area contributed by atoms with Crippen molar-refractivity contribution < 1.29 is 4.92 Å². The van der Waals surface area contributed by atoms with E-state index in [1.807, 2.05) is 30.1 Å². The molecule has 0 bridgehead atoms. The molecule has 2 aromatic heterocycles. The van der Waals surface area contributed by atoms with Gasteiger partial charge in [0.05, 0.1) is 4.92 Å². The predicted molar refractivity (Wildman–Crippen MR) is 135 cm³/mol. The van der Waals surface area contributed by atoms with Gasteiger partial charge in [-0.2, -0.15) is 5.26 Å². The number of aromatic nitrogens is 2. The molecule has 2 aromatic rings. The molecule has 13 heteroatoms. The van der Waals surface area contributed by atoms with Crippen LogP contribution in [0.2, 0.25) is 10.3 Å². The summed E-state index contributed by atoms with van der Waals surface area (Å²) in [6.07, 6.45) is 6.18. The molecule has 1 aliphatic rings. The van der Waals surface area contributed by atoms with Crippen LogP contribution in [-0.2, 0) is 13.1 Å². The first kappa shape index (κ1) is 27.2. The van der Waals surface area contributed by atoms with Gasteiger partial charge < -0.3 is 15.1 Å². The number of halogens is 2. The van der Waals surface area contributed by atoms with Crippen LogP contribution >= 0.6 is 35.0 Å². The smallest absolute Gasteiger partial charge is 0.274 e. The van der Waals surface area contributed by atoms with Crippen LogP contribution in [0.1, 0.15) is 18.1 Å². The molecule has 1 N–H and O–H groups in total. The van der Waals surface area contributed by atoms with Gasteiger partial charge in [0.1, 0.15) is 10.3 Å². The Kier molecular flexibility index (Phi) is 11.4. The summed E-state index contributed by atoms with van der Waals surface area (Å²) in [5.41, 5.74) is 2.00. The van der Waals surface area contributed by atoms with E-state index in [-0.39, 0.29) is 0 Å². The van der Waals surface area contributed by atoms with E-state index in [0.717, 1.165) is 41.3 Å². The third-order valence-electron chi connectivity index (χ3n) is 4.54. The van der Waals surface area contributed by atoms with Gasteiger partial charge in [-0.1, -0.05) is 47.1 Å². The summed E-state index contributed by atoms with van der Waals surface area (Å²) in [6, 6.07) is 7.24. The highest BCUT2D eigenvalue weighted by molar-refractivity contribution is 8.14. The number of nitro groups is 1. The number of nitriles is 1. The Hall–Kier alpha value is -3.07. The number of hydrogen-bond acceptors (Lipinski definition) is 9. The van der Waals surface area contributed by atoms with Crippen LogP contribution in [-0.4, -0.2) is 55.7 Å². The average Bonchev–Trinajstić information content (AvgIpc) is 3.26. The highest BCUT2D eigenvalue weighted by atomic mass is 35.5. The van der Waals surface area contributed by atoms with E-state index < -0.39 is 4.92 Å². The minimum Gasteiger partial charge on any atom is -0.370 e. The zero-order valence-electron chi connectivity index (χ0n) is 18.7. The lowest BCUT2D eigenvalue weighted by Crippen LogP contribution is -2.30. The van der Waals surface area contributed by atoms with Crippen molar-refractivity contribution in [1.29, 1.82) is 5.26 Å². The Labute approximate surface area is 212 Å². The Morgan fingerprint density at radius 1 is 1.32 bits per heavy atom. The molecule has 0 aromatic carbocycles. The van der Waals surface area contributed by atoms with E-state index in [2.05, 4.69) is 25.2 Å². The van der Waals surface area contributed by atoms with E-state index in [1.54, 1.807) is 43.3 Å². The standard InChI is InChI=1S/C11H15ClN4O2.C10H9ClN4S/c1-3-15(11(13-2)8-16(17)18)7-9-4-5-10(12)14-6-9;11-9-2-1-8(5-13-9)6-15-3-4-16-10(15)14-7-12/h4-6,8,13H,3,7H2,1-2H3;1-2,5H,3-4,6H2/b11-8+;14-10-. The van der Waals surface area contributed by atoms with Gasteiger partial charge in [-0.3, -0.25) is 10.1 Å². The van der Waals surface area contributed by atoms with Gasteiger partial charge in [0.2, 0.25) is 6.19 Å². The second-order valence-electron chi connectivity index (χ2n) is 6.81. The molecule has 0 radical (unpaired) electrons. The van der Waals surface area contributed by atoms with Crippen LogP contribution in [0.25, 0.3) is 0 Å². The number of rotatable bonds is 8. The Morgan fingerprint density at radius 3 is 2.47 bits per heavy atom. The van der Waals surface area contributed by atoms with Crippen LogP contribution in [0.15, 0.2) is 53.7 Å². The highest BCUT2D eigenvalue weighted by Crippen LogP contribution is 2.20. The summed E-state index contributed by atoms with van der Waals surface area (Å²) in [7, 11) is 1.65. The number of nitrogens with zero attached hydrogens (tertiary/aromatic N) is 7. The molecule has 3 rings (SSSR count). The summed E-state index contributed by atoms with van der Waals surface area (Å²) < 4.78 is 0. The molecule has 1 fully saturated rings. The number of amidine groups is 1. The third kappa shape index (κ3) is 9.05. The quantitative estimate of drug-likeness (QED) is 0.237. The first-order chi connectivity index (χ1) is 16.4. The largest absolute Gasteiger partial charge is 0.370 e. The van der Waals surface area contributed by atoms with Crippen molar-refractivity contribution in [2.75, 3.05) is 25.9 Å². The van der Waals surface area contributed by atoms with Crippen LogP contribution < -0.4 is 5.32 Å². The van der Waals surface area contributed by atoms with Gasteiger partial charge in [0.25, 0.3) is 6.20 Å². The summed E-state index contributed by atoms with van der Waals surface area (Å²) >= 11 is 13.0. The number of hydrogen-bond donors (Lipinski definition) is 1. The fraction of sp³-hybridized carbons (Fsp3) is 0.333. The summed E-state index contributed by atoms with van der Waals surface area (Å²) in [6.45, 7) is 4.73. The molecule has 0 unspecified atom stereocenters. The van der Waals surface area contributed by atoms with Crippen molar-refractivity contribution in [1.82, 2.24) is 25.1 Å². The molecule has 0 saturated carbocycles. The third-order valence-corrected chi connectivity index (χ3v) is 5.98. The monoisotopic (exact) mass is 522 g/mol. The SMILES string of the molecule is CCN(Cc1ccc(Cl)nc1)/C(=C/[N+](=O)[O-])NC.N#C/N=C1\SCCN1Cc1ccc(Cl)nc1. The van der Waals surface area contributed by atoms with E-state index in [4.69, 9.17) is 28.5 Å². The van der Waals surface area contributed by atoms with Crippen molar-refractivity contribution in [3.63, 3.8) is 0 Å². The lowest BCUT2D eigenvalue weighted by atomic mass is 10.2. The molecule has 0 spiro atoms. The van der Waals surface area contributed by atoms with Crippen molar-refractivity contribution in [3.8, 4) is 6.19 Å². The minimum atomic E-state index is -0.478. The normalized spacial score (nSPS) is 14.3. The van der Waals surface area contributed by atoms with Gasteiger partial charge in [0, 0.05) is 51.4 Å². The lowest BCUT2D eigenvalue weighted by molar-refractivity contribution is -0.404. The molecule has 0 amide bonds. The summed E-state index contributed by atoms with van der Waals surface area (Å²) in [5, 5.41) is 23.6. The van der Waals surface area contributed by atoms with Crippen molar-refractivity contribution in [3.05, 3.63) is 80.2 Å². The maximum Gasteiger partial charge on any atom is 0.274 e. The van der Waals surface area contributed by atoms with Crippen molar-refractivity contribution >= 4 is 40.1 Å². The number of pyridine rings is 2. The van der Waals surface area contributed by atoms with Crippen LogP contribution in [0.4, 0.5) is 0 Å². The van der Waals surface area contributed by atoms with E-state index in [9.17, 15) is 10.1 Å². The van der Waals surface area contributed by atoms with Crippen LogP contribution in [0.5, 0.6) is 0 Å². The Morgan fingerprint density at radius 2 is 1.97 bits per heavy atom. The van der Waals surface area contributed by atoms with Gasteiger partial charge in [-0.25, -0.2) is 9.97 Å². The van der Waals surface area contributed by atoms with Crippen LogP contribution in [0.3, 0.4) is 0 Å². The molecule has 3 heterocycles. The van der Waals surface area contributed by atoms with Gasteiger partial charge in [-0.05, 0) is 30.2 Å². The molecule has 1 aliphatic heterocycles. The Balaban J connectivity index is 0.000000241. The minimum absolute atomic E-state index is 0.427. The average molecular weight is 523 g/mol. The molecule has 1 saturated heterocycles. The molecule has 34 heavy (non-hydrogen) atoms. The summed E-state index contributed by atoms with van der Waals surface area (Å²) in [4.78, 5) is 25.7. The van der Waals surface area contributed by atoms with E-state index in [1.165, 1.54) is 0 Å². The van der Waals surface area contributed by atoms with E-state index in [0.29, 0.717) is 29.2 Å². The lowest BCUT2D eigenvalue weighted by Gasteiger charge is -2.23. The maximum absolute atomic E-state index is 10.5. The molecule has 10 nitrogen and oxygen atoms in total. The second-order valence-corrected chi connectivity index (χ2v) is 8.64. The molecular weight excluding hydrogens is 499 g/mol. The summed E-state index contributed by atoms with van der Waals surface area (Å²) in [5.74, 6) is 1.43. The first-order valence-corrected chi connectivity index (χ1v) is 11.9. The number of thioether (sulfide) groups is 1. The molecule has 0 aliphatic carbocycles. The fourth-order valence-electron chi connectivity index (χ4n) is 2.94. The highest BCUT2D eigenvalue weighted by Gasteiger charge is 2.19. The van der Waals surface area contributed by atoms with Gasteiger partial charge in [0.15, 0.2) is 11.0 Å². The predicted octanol–water partition coefficient (Wildman–Crippen LogP) is 3.97. The molecule has 0 atom stereocenters. The zero-order chi connectivity index (χ0) is 24.9. The Bertz CT molecular complexity index is 1040. The zero-order valence-corrected chi connectivity index (χ0v) is 21.0. The number of nitrogens with one attached hydrogen (secondary N) is 1. The van der Waals surface area contributed by atoms with Crippen molar-refractivity contribution in [2.24, 2.45) is 4.99 Å². The van der Waals surface area contributed by atoms with Gasteiger partial charge in [-0.15, -0.1) is 4.99 Å². The fourth-order valence-corrected chi connectivity index (χ4v) is 4.10. The molecular formula is C21H24Cl2N8O2S. The van der Waals surface area contributed by atoms with Crippen molar-refractivity contribution in [2.45, 2.75) is 20.0 Å². The van der Waals surface area contributed by atoms with Gasteiger partial charge >= 0.3 is 0 Å². The molecule has 180 valence electrons.